The van der Waals surface area contributed by atoms with Gasteiger partial charge in [0.05, 0.1) is 6.04 Å². The lowest BCUT2D eigenvalue weighted by atomic mass is 10.1. The predicted octanol–water partition coefficient (Wildman–Crippen LogP) is -1.81. The van der Waals surface area contributed by atoms with Crippen LogP contribution in [0.25, 0.3) is 0 Å². The van der Waals surface area contributed by atoms with Crippen LogP contribution in [0.2, 0.25) is 0 Å². The number of nitrogens with two attached hydrogens (primary N) is 1. The fourth-order valence-electron chi connectivity index (χ4n) is 1.47. The van der Waals surface area contributed by atoms with E-state index in [1.807, 2.05) is 0 Å². The molecule has 0 saturated carbocycles. The normalized spacial score (nSPS) is 17.6. The molecule has 6 heteroatoms. The molecule has 0 radical (unpaired) electrons. The van der Waals surface area contributed by atoms with Crippen molar-refractivity contribution < 1.29 is 9.59 Å². The Balaban J connectivity index is 2.50. The van der Waals surface area contributed by atoms with Gasteiger partial charge in [0, 0.05) is 7.05 Å². The number of carbonyl (C=O) groups excluding carboxylic acids is 2. The summed E-state index contributed by atoms with van der Waals surface area (Å²) >= 11 is 0. The summed E-state index contributed by atoms with van der Waals surface area (Å²) in [5.74, 6) is 4.24. The number of likely N-dealkylation sites (N-methyl/N-ethyl adjacent to an activating group) is 1. The fraction of sp³-hybridized carbons (Fsp3) is 0.750. The highest BCUT2D eigenvalue weighted by molar-refractivity contribution is 6.34. The topological polar surface area (TPSA) is 87.5 Å². The molecular weight excluding hydrogens is 184 g/mol. The van der Waals surface area contributed by atoms with Crippen molar-refractivity contribution >= 4 is 11.8 Å². The third kappa shape index (κ3) is 2.43. The Labute approximate surface area is 82.8 Å². The minimum Gasteiger partial charge on any atom is -0.351 e. The van der Waals surface area contributed by atoms with Crippen molar-refractivity contribution in [1.82, 2.24) is 15.6 Å². The second-order valence-corrected chi connectivity index (χ2v) is 3.27. The van der Waals surface area contributed by atoms with E-state index < -0.39 is 11.8 Å². The lowest BCUT2D eigenvalue weighted by Crippen LogP contribution is -2.54. The Kier molecular flexibility index (Phi) is 3.84. The molecule has 4 N–H and O–H groups in total. The number of hydrazine groups is 1. The second-order valence-electron chi connectivity index (χ2n) is 3.27. The highest BCUT2D eigenvalue weighted by Gasteiger charge is 2.26. The van der Waals surface area contributed by atoms with Gasteiger partial charge >= 0.3 is 11.8 Å². The molecule has 0 aliphatic carbocycles. The van der Waals surface area contributed by atoms with E-state index in [-0.39, 0.29) is 6.04 Å². The van der Waals surface area contributed by atoms with E-state index in [1.165, 1.54) is 7.05 Å². The summed E-state index contributed by atoms with van der Waals surface area (Å²) in [5, 5.41) is 6.46. The molecule has 0 atom stereocenters. The van der Waals surface area contributed by atoms with Crippen molar-refractivity contribution in [3.63, 3.8) is 0 Å². The van der Waals surface area contributed by atoms with Crippen molar-refractivity contribution in [3.8, 4) is 0 Å². The number of nitrogens with zero attached hydrogens (tertiary/aromatic N) is 1. The Bertz CT molecular complexity index is 225. The standard InChI is InChI=1S/C8H16N4O2/c1-10-7(13)8(14)12(9)6-2-4-11-5-3-6/h6,11H,2-5,9H2,1H3,(H,10,13). The van der Waals surface area contributed by atoms with Gasteiger partial charge in [-0.3, -0.25) is 14.6 Å². The predicted molar refractivity (Wildman–Crippen MR) is 51.0 cm³/mol. The van der Waals surface area contributed by atoms with Crippen LogP contribution in [0.4, 0.5) is 0 Å². The van der Waals surface area contributed by atoms with Gasteiger partial charge in [0.15, 0.2) is 0 Å². The molecule has 1 aliphatic heterocycles. The minimum absolute atomic E-state index is 0.0268. The molecule has 0 spiro atoms. The maximum Gasteiger partial charge on any atom is 0.325 e. The second kappa shape index (κ2) is 4.92. The lowest BCUT2D eigenvalue weighted by Gasteiger charge is -2.30. The third-order valence-corrected chi connectivity index (χ3v) is 2.36. The lowest BCUT2D eigenvalue weighted by molar-refractivity contribution is -0.147. The van der Waals surface area contributed by atoms with Gasteiger partial charge in [-0.2, -0.15) is 0 Å². The van der Waals surface area contributed by atoms with Crippen molar-refractivity contribution in [2.75, 3.05) is 20.1 Å². The van der Waals surface area contributed by atoms with Gasteiger partial charge in [-0.1, -0.05) is 0 Å². The van der Waals surface area contributed by atoms with E-state index in [2.05, 4.69) is 10.6 Å². The highest BCUT2D eigenvalue weighted by atomic mass is 16.2. The Morgan fingerprint density at radius 2 is 2.00 bits per heavy atom. The quantitative estimate of drug-likeness (QED) is 0.201. The Morgan fingerprint density at radius 3 is 2.50 bits per heavy atom. The largest absolute Gasteiger partial charge is 0.351 e. The molecule has 1 aliphatic rings. The molecule has 0 bridgehead atoms. The van der Waals surface area contributed by atoms with E-state index in [4.69, 9.17) is 5.84 Å². The SMILES string of the molecule is CNC(=O)C(=O)N(N)C1CCNCC1. The van der Waals surface area contributed by atoms with Crippen LogP contribution in [0.1, 0.15) is 12.8 Å². The number of piperidine rings is 1. The van der Waals surface area contributed by atoms with Gasteiger partial charge in [-0.15, -0.1) is 0 Å². The number of hydrogen-bond acceptors (Lipinski definition) is 4. The highest BCUT2D eigenvalue weighted by Crippen LogP contribution is 2.07. The van der Waals surface area contributed by atoms with Crippen molar-refractivity contribution in [2.45, 2.75) is 18.9 Å². The van der Waals surface area contributed by atoms with Crippen LogP contribution in [0, 0.1) is 0 Å². The number of nitrogens with one attached hydrogen (secondary N) is 2. The molecule has 0 aromatic heterocycles. The Hall–Kier alpha value is -1.14. The molecule has 1 heterocycles. The fourth-order valence-corrected chi connectivity index (χ4v) is 1.47. The van der Waals surface area contributed by atoms with Crippen molar-refractivity contribution in [3.05, 3.63) is 0 Å². The van der Waals surface area contributed by atoms with Gasteiger partial charge in [0.1, 0.15) is 0 Å². The van der Waals surface area contributed by atoms with Gasteiger partial charge in [0.2, 0.25) is 0 Å². The molecule has 0 unspecified atom stereocenters. The van der Waals surface area contributed by atoms with E-state index in [9.17, 15) is 9.59 Å². The van der Waals surface area contributed by atoms with Crippen LogP contribution >= 0.6 is 0 Å². The molecule has 1 fully saturated rings. The zero-order valence-corrected chi connectivity index (χ0v) is 8.25. The monoisotopic (exact) mass is 200 g/mol. The average molecular weight is 200 g/mol. The van der Waals surface area contributed by atoms with Gasteiger partial charge in [0.25, 0.3) is 0 Å². The molecular formula is C8H16N4O2. The first-order valence-electron chi connectivity index (χ1n) is 4.67. The summed E-state index contributed by atoms with van der Waals surface area (Å²) < 4.78 is 0. The van der Waals surface area contributed by atoms with E-state index in [0.29, 0.717) is 0 Å². The van der Waals surface area contributed by atoms with E-state index in [0.717, 1.165) is 30.9 Å². The van der Waals surface area contributed by atoms with Crippen molar-refractivity contribution in [2.24, 2.45) is 5.84 Å². The molecule has 1 saturated heterocycles. The summed E-state index contributed by atoms with van der Waals surface area (Å²) in [4.78, 5) is 22.3. The number of rotatable bonds is 1. The third-order valence-electron chi connectivity index (χ3n) is 2.36. The van der Waals surface area contributed by atoms with Crippen molar-refractivity contribution in [1.29, 1.82) is 0 Å². The molecule has 2 amide bonds. The molecule has 80 valence electrons. The van der Waals surface area contributed by atoms with Gasteiger partial charge in [-0.25, -0.2) is 5.84 Å². The van der Waals surface area contributed by atoms with E-state index >= 15 is 0 Å². The summed E-state index contributed by atoms with van der Waals surface area (Å²) in [5.41, 5.74) is 0. The molecule has 6 nitrogen and oxygen atoms in total. The number of amides is 2. The smallest absolute Gasteiger partial charge is 0.325 e. The molecule has 1 rings (SSSR count). The maximum atomic E-state index is 11.3. The van der Waals surface area contributed by atoms with Crippen LogP contribution in [0.5, 0.6) is 0 Å². The molecule has 14 heavy (non-hydrogen) atoms. The average Bonchev–Trinajstić information content (AvgIpc) is 2.27. The zero-order chi connectivity index (χ0) is 10.6. The number of hydrogen-bond donors (Lipinski definition) is 3. The summed E-state index contributed by atoms with van der Waals surface area (Å²) in [7, 11) is 1.41. The Morgan fingerprint density at radius 1 is 1.43 bits per heavy atom. The first-order chi connectivity index (χ1) is 6.66. The molecule has 0 aromatic carbocycles. The summed E-state index contributed by atoms with van der Waals surface area (Å²) in [6.07, 6.45) is 1.58. The van der Waals surface area contributed by atoms with Crippen LogP contribution in [-0.2, 0) is 9.59 Å². The molecule has 0 aromatic rings. The van der Waals surface area contributed by atoms with Gasteiger partial charge in [-0.05, 0) is 25.9 Å². The summed E-state index contributed by atoms with van der Waals surface area (Å²) in [6, 6.07) is -0.0268. The minimum atomic E-state index is -0.667. The van der Waals surface area contributed by atoms with Crippen LogP contribution in [-0.4, -0.2) is 43.0 Å². The van der Waals surface area contributed by atoms with Crippen LogP contribution < -0.4 is 16.5 Å². The van der Waals surface area contributed by atoms with Gasteiger partial charge < -0.3 is 10.6 Å². The summed E-state index contributed by atoms with van der Waals surface area (Å²) in [6.45, 7) is 1.67. The van der Waals surface area contributed by atoms with E-state index in [1.54, 1.807) is 0 Å². The van der Waals surface area contributed by atoms with Crippen LogP contribution in [0.3, 0.4) is 0 Å². The van der Waals surface area contributed by atoms with Crippen LogP contribution in [0.15, 0.2) is 0 Å². The first kappa shape index (κ1) is 10.9. The maximum absolute atomic E-state index is 11.3. The zero-order valence-electron chi connectivity index (χ0n) is 8.25. The number of carbonyl (C=O) groups is 2. The first-order valence-corrected chi connectivity index (χ1v) is 4.67.